The molecule has 4 nitrogen and oxygen atoms in total. The van der Waals surface area contributed by atoms with Crippen LogP contribution >= 0.6 is 74.5 Å². The first-order chi connectivity index (χ1) is 9.15. The Morgan fingerprint density at radius 1 is 0.700 bits per heavy atom. The molecular formula is C10H20N4S6. The van der Waals surface area contributed by atoms with E-state index in [2.05, 4.69) is 42.8 Å². The van der Waals surface area contributed by atoms with E-state index >= 15 is 0 Å². The van der Waals surface area contributed by atoms with Crippen molar-refractivity contribution in [2.24, 2.45) is 0 Å². The summed E-state index contributed by atoms with van der Waals surface area (Å²) in [6.07, 6.45) is 0. The van der Waals surface area contributed by atoms with Crippen LogP contribution < -0.4 is 0 Å². The molecule has 20 heavy (non-hydrogen) atoms. The summed E-state index contributed by atoms with van der Waals surface area (Å²) < 4.78 is 1.66. The highest BCUT2D eigenvalue weighted by molar-refractivity contribution is 8.11. The Labute approximate surface area is 154 Å². The summed E-state index contributed by atoms with van der Waals surface area (Å²) in [5.74, 6) is 0. The van der Waals surface area contributed by atoms with E-state index in [1.807, 2.05) is 35.8 Å². The van der Waals surface area contributed by atoms with E-state index < -0.39 is 0 Å². The maximum absolute atomic E-state index is 5.04. The Morgan fingerprint density at radius 2 is 1.05 bits per heavy atom. The Morgan fingerprint density at radius 3 is 1.35 bits per heavy atom. The van der Waals surface area contributed by atoms with Crippen molar-refractivity contribution in [3.63, 3.8) is 0 Å². The molecule has 0 saturated heterocycles. The third-order valence-corrected chi connectivity index (χ3v) is 4.51. The maximum atomic E-state index is 5.04. The molecule has 0 amide bonds. The van der Waals surface area contributed by atoms with E-state index in [9.17, 15) is 0 Å². The highest BCUT2D eigenvalue weighted by Gasteiger charge is 2.13. The topological polar surface area (TPSA) is 13.0 Å². The van der Waals surface area contributed by atoms with Crippen molar-refractivity contribution in [3.05, 3.63) is 0 Å². The lowest BCUT2D eigenvalue weighted by Gasteiger charge is -2.33. The van der Waals surface area contributed by atoms with Gasteiger partial charge in [0, 0.05) is 34.2 Å². The molecule has 0 aliphatic carbocycles. The van der Waals surface area contributed by atoms with Crippen LogP contribution in [0.3, 0.4) is 0 Å². The average Bonchev–Trinajstić information content (AvgIpc) is 2.34. The van der Waals surface area contributed by atoms with E-state index in [1.165, 1.54) is 0 Å². The van der Waals surface area contributed by atoms with Gasteiger partial charge in [-0.3, -0.25) is 4.90 Å². The van der Waals surface area contributed by atoms with Gasteiger partial charge >= 0.3 is 0 Å². The Balaban J connectivity index is 4.57. The van der Waals surface area contributed by atoms with Crippen LogP contribution in [0.2, 0.25) is 0 Å². The molecule has 0 aromatic carbocycles. The standard InChI is InChI=1S/C10H20N4S6/c1-11(8(15)16)4-5-14(6-12(2)9(17)18)7-13(3)10(19)20/h4-7H2,1-3H3,(H,15,16)(H,17,18)(H,19,20). The van der Waals surface area contributed by atoms with Gasteiger partial charge in [0.1, 0.15) is 13.0 Å². The SMILES string of the molecule is CN(CCN(CN(C)C(=S)S)CN(C)C(=S)S)C(=S)S. The molecular weight excluding hydrogens is 369 g/mol. The van der Waals surface area contributed by atoms with Gasteiger partial charge in [-0.05, 0) is 0 Å². The van der Waals surface area contributed by atoms with E-state index in [-0.39, 0.29) is 0 Å². The van der Waals surface area contributed by atoms with Crippen molar-refractivity contribution < 1.29 is 0 Å². The molecule has 0 bridgehead atoms. The number of likely N-dealkylation sites (N-methyl/N-ethyl adjacent to an activating group) is 1. The van der Waals surface area contributed by atoms with Crippen molar-refractivity contribution in [2.75, 3.05) is 47.6 Å². The molecule has 0 radical (unpaired) electrons. The lowest BCUT2D eigenvalue weighted by Crippen LogP contribution is -2.46. The third-order valence-electron chi connectivity index (χ3n) is 2.56. The summed E-state index contributed by atoms with van der Waals surface area (Å²) >= 11 is 27.6. The van der Waals surface area contributed by atoms with Crippen LogP contribution in [0, 0.1) is 0 Å². The van der Waals surface area contributed by atoms with E-state index in [4.69, 9.17) is 36.7 Å². The molecule has 0 unspecified atom stereocenters. The maximum Gasteiger partial charge on any atom is 0.134 e. The molecule has 116 valence electrons. The predicted molar refractivity (Wildman–Crippen MR) is 109 cm³/mol. The largest absolute Gasteiger partial charge is 0.360 e. The zero-order valence-electron chi connectivity index (χ0n) is 11.7. The van der Waals surface area contributed by atoms with Crippen LogP contribution in [0.1, 0.15) is 0 Å². The summed E-state index contributed by atoms with van der Waals surface area (Å²) in [6, 6.07) is 0. The van der Waals surface area contributed by atoms with Gasteiger partial charge in [0.2, 0.25) is 0 Å². The molecule has 0 heterocycles. The minimum atomic E-state index is 0.546. The molecule has 0 aromatic rings. The number of nitrogens with zero attached hydrogens (tertiary/aromatic N) is 4. The first-order valence-corrected chi connectivity index (χ1v) is 8.26. The Hall–Kier alpha value is 0.680. The van der Waals surface area contributed by atoms with Gasteiger partial charge in [-0.1, -0.05) is 36.7 Å². The van der Waals surface area contributed by atoms with Crippen LogP contribution in [0.5, 0.6) is 0 Å². The number of hydrogen-bond donors (Lipinski definition) is 3. The highest BCUT2D eigenvalue weighted by Crippen LogP contribution is 2.02. The van der Waals surface area contributed by atoms with Crippen LogP contribution in [0.4, 0.5) is 0 Å². The molecule has 0 aliphatic rings. The van der Waals surface area contributed by atoms with Gasteiger partial charge in [0.15, 0.2) is 0 Å². The average molecular weight is 389 g/mol. The Bertz CT molecular complexity index is 342. The second-order valence-electron chi connectivity index (χ2n) is 4.34. The fourth-order valence-electron chi connectivity index (χ4n) is 1.29. The summed E-state index contributed by atoms with van der Waals surface area (Å²) in [5.41, 5.74) is 0. The first-order valence-electron chi connectivity index (χ1n) is 5.69. The number of thiol groups is 3. The fourth-order valence-corrected chi connectivity index (χ4v) is 1.73. The predicted octanol–water partition coefficient (Wildman–Crippen LogP) is 1.64. The van der Waals surface area contributed by atoms with Gasteiger partial charge in [-0.2, -0.15) is 0 Å². The van der Waals surface area contributed by atoms with Gasteiger partial charge < -0.3 is 14.7 Å². The number of hydrogen-bond acceptors (Lipinski definition) is 4. The van der Waals surface area contributed by atoms with E-state index in [0.717, 1.165) is 13.1 Å². The van der Waals surface area contributed by atoms with Crippen molar-refractivity contribution in [1.82, 2.24) is 19.6 Å². The third kappa shape index (κ3) is 8.85. The molecule has 10 heteroatoms. The summed E-state index contributed by atoms with van der Waals surface area (Å²) in [7, 11) is 5.70. The zero-order chi connectivity index (χ0) is 15.9. The Kier molecular flexibility index (Phi) is 10.8. The summed E-state index contributed by atoms with van der Waals surface area (Å²) in [4.78, 5) is 7.84. The van der Waals surface area contributed by atoms with Crippen molar-refractivity contribution in [3.8, 4) is 0 Å². The summed E-state index contributed by atoms with van der Waals surface area (Å²) in [5, 5.41) is 0. The van der Waals surface area contributed by atoms with Crippen LogP contribution in [-0.2, 0) is 0 Å². The normalized spacial score (nSPS) is 10.3. The molecule has 0 atom stereocenters. The molecule has 0 aromatic heterocycles. The molecule has 0 saturated carbocycles. The van der Waals surface area contributed by atoms with Crippen LogP contribution in [-0.4, -0.2) is 80.1 Å². The van der Waals surface area contributed by atoms with E-state index in [1.54, 1.807) is 0 Å². The molecule has 0 spiro atoms. The van der Waals surface area contributed by atoms with Gasteiger partial charge in [0.25, 0.3) is 0 Å². The number of thiocarbonyl (C=S) groups is 3. The minimum Gasteiger partial charge on any atom is -0.360 e. The van der Waals surface area contributed by atoms with Gasteiger partial charge in [-0.15, -0.1) is 37.9 Å². The monoisotopic (exact) mass is 388 g/mol. The second kappa shape index (κ2) is 10.4. The molecule has 0 N–H and O–H groups in total. The quantitative estimate of drug-likeness (QED) is 0.344. The summed E-state index contributed by atoms with van der Waals surface area (Å²) in [6.45, 7) is 2.85. The second-order valence-corrected chi connectivity index (χ2v) is 7.68. The zero-order valence-corrected chi connectivity index (χ0v) is 16.8. The first kappa shape index (κ1) is 20.7. The fraction of sp³-hybridized carbons (Fsp3) is 0.700. The molecule has 0 fully saturated rings. The van der Waals surface area contributed by atoms with Gasteiger partial charge in [0.05, 0.1) is 13.3 Å². The smallest absolute Gasteiger partial charge is 0.134 e. The number of rotatable bonds is 7. The highest BCUT2D eigenvalue weighted by atomic mass is 32.1. The molecule has 0 rings (SSSR count). The van der Waals surface area contributed by atoms with Crippen LogP contribution in [0.25, 0.3) is 0 Å². The van der Waals surface area contributed by atoms with Gasteiger partial charge in [-0.25, -0.2) is 0 Å². The van der Waals surface area contributed by atoms with Crippen molar-refractivity contribution in [2.45, 2.75) is 0 Å². The lowest BCUT2D eigenvalue weighted by atomic mass is 10.5. The molecule has 0 aliphatic heterocycles. The van der Waals surface area contributed by atoms with Crippen LogP contribution in [0.15, 0.2) is 0 Å². The van der Waals surface area contributed by atoms with Crippen molar-refractivity contribution >= 4 is 87.5 Å². The van der Waals surface area contributed by atoms with E-state index in [0.29, 0.717) is 26.3 Å². The lowest BCUT2D eigenvalue weighted by molar-refractivity contribution is 0.153. The minimum absolute atomic E-state index is 0.546. The van der Waals surface area contributed by atoms with Crippen molar-refractivity contribution in [1.29, 1.82) is 0 Å².